The summed E-state index contributed by atoms with van der Waals surface area (Å²) in [5.41, 5.74) is 3.81. The molecule has 140 valence electrons. The van der Waals surface area contributed by atoms with Gasteiger partial charge in [-0.15, -0.1) is 0 Å². The second-order valence-corrected chi connectivity index (χ2v) is 7.11. The van der Waals surface area contributed by atoms with Crippen molar-refractivity contribution >= 4 is 11.6 Å². The zero-order valence-electron chi connectivity index (χ0n) is 15.0. The van der Waals surface area contributed by atoms with Crippen LogP contribution in [0.25, 0.3) is 11.1 Å². The van der Waals surface area contributed by atoms with Crippen LogP contribution >= 0.6 is 11.6 Å². The SMILES string of the molecule is OCCOCCC1CN(Cc2ccccc2-c2ccc(Cl)cc2)CCN1. The minimum atomic E-state index is 0.0890. The molecular formula is C21H27ClN2O2. The molecule has 4 nitrogen and oxygen atoms in total. The van der Waals surface area contributed by atoms with Gasteiger partial charge < -0.3 is 15.2 Å². The molecule has 0 aliphatic carbocycles. The van der Waals surface area contributed by atoms with Gasteiger partial charge in [-0.25, -0.2) is 0 Å². The van der Waals surface area contributed by atoms with Crippen LogP contribution in [0, 0.1) is 0 Å². The monoisotopic (exact) mass is 374 g/mol. The van der Waals surface area contributed by atoms with Crippen molar-refractivity contribution < 1.29 is 9.84 Å². The Balaban J connectivity index is 1.62. The summed E-state index contributed by atoms with van der Waals surface area (Å²) < 4.78 is 5.41. The molecule has 0 amide bonds. The minimum Gasteiger partial charge on any atom is -0.394 e. The number of hydrogen-bond acceptors (Lipinski definition) is 4. The highest BCUT2D eigenvalue weighted by Gasteiger charge is 2.20. The first-order valence-corrected chi connectivity index (χ1v) is 9.62. The van der Waals surface area contributed by atoms with Gasteiger partial charge in [0.1, 0.15) is 0 Å². The van der Waals surface area contributed by atoms with E-state index in [9.17, 15) is 0 Å². The number of nitrogens with zero attached hydrogens (tertiary/aromatic N) is 1. The van der Waals surface area contributed by atoms with Crippen molar-refractivity contribution in [2.75, 3.05) is 39.5 Å². The quantitative estimate of drug-likeness (QED) is 0.696. The standard InChI is InChI=1S/C21H27ClN2O2/c22-19-7-5-17(6-8-19)21-4-2-1-3-18(21)15-24-11-10-23-20(16-24)9-13-26-14-12-25/h1-8,20,23,25H,9-16H2. The molecule has 1 fully saturated rings. The predicted molar refractivity (Wildman–Crippen MR) is 106 cm³/mol. The maximum absolute atomic E-state index is 8.79. The molecule has 1 aliphatic heterocycles. The van der Waals surface area contributed by atoms with Crippen LogP contribution in [0.5, 0.6) is 0 Å². The smallest absolute Gasteiger partial charge is 0.0697 e. The maximum atomic E-state index is 8.79. The molecule has 1 aliphatic rings. The highest BCUT2D eigenvalue weighted by atomic mass is 35.5. The third-order valence-electron chi connectivity index (χ3n) is 4.75. The molecule has 1 saturated heterocycles. The van der Waals surface area contributed by atoms with Crippen LogP contribution < -0.4 is 5.32 Å². The number of aliphatic hydroxyl groups is 1. The Bertz CT molecular complexity index is 678. The molecule has 2 aromatic rings. The van der Waals surface area contributed by atoms with Gasteiger partial charge in [0, 0.05) is 43.9 Å². The van der Waals surface area contributed by atoms with Crippen molar-refractivity contribution in [2.45, 2.75) is 19.0 Å². The lowest BCUT2D eigenvalue weighted by atomic mass is 9.99. The van der Waals surface area contributed by atoms with E-state index in [-0.39, 0.29) is 6.61 Å². The lowest BCUT2D eigenvalue weighted by molar-refractivity contribution is 0.0779. The molecule has 1 heterocycles. The molecule has 0 bridgehead atoms. The number of nitrogens with one attached hydrogen (secondary N) is 1. The number of piperazine rings is 1. The summed E-state index contributed by atoms with van der Waals surface area (Å²) in [7, 11) is 0. The van der Waals surface area contributed by atoms with E-state index in [0.717, 1.165) is 37.6 Å². The fourth-order valence-corrected chi connectivity index (χ4v) is 3.56. The minimum absolute atomic E-state index is 0.0890. The molecule has 26 heavy (non-hydrogen) atoms. The summed E-state index contributed by atoms with van der Waals surface area (Å²) in [4.78, 5) is 2.50. The van der Waals surface area contributed by atoms with Crippen molar-refractivity contribution in [3.63, 3.8) is 0 Å². The van der Waals surface area contributed by atoms with E-state index >= 15 is 0 Å². The average Bonchev–Trinajstić information content (AvgIpc) is 2.67. The van der Waals surface area contributed by atoms with Crippen LogP contribution in [0.2, 0.25) is 5.02 Å². The van der Waals surface area contributed by atoms with Crippen molar-refractivity contribution in [1.82, 2.24) is 10.2 Å². The Morgan fingerprint density at radius 1 is 1.12 bits per heavy atom. The number of hydrogen-bond donors (Lipinski definition) is 2. The fourth-order valence-electron chi connectivity index (χ4n) is 3.43. The fraction of sp³-hybridized carbons (Fsp3) is 0.429. The predicted octanol–water partition coefficient (Wildman–Crippen LogP) is 3.18. The highest BCUT2D eigenvalue weighted by Crippen LogP contribution is 2.26. The van der Waals surface area contributed by atoms with E-state index in [2.05, 4.69) is 46.6 Å². The van der Waals surface area contributed by atoms with Crippen LogP contribution in [-0.2, 0) is 11.3 Å². The first-order chi connectivity index (χ1) is 12.8. The van der Waals surface area contributed by atoms with Crippen molar-refractivity contribution in [3.05, 3.63) is 59.1 Å². The highest BCUT2D eigenvalue weighted by molar-refractivity contribution is 6.30. The normalized spacial score (nSPS) is 18.2. The average molecular weight is 375 g/mol. The van der Waals surface area contributed by atoms with Crippen LogP contribution in [0.3, 0.4) is 0 Å². The first kappa shape index (κ1) is 19.3. The summed E-state index contributed by atoms with van der Waals surface area (Å²) in [5, 5.41) is 13.1. The van der Waals surface area contributed by atoms with Crippen molar-refractivity contribution in [1.29, 1.82) is 0 Å². The number of ether oxygens (including phenoxy) is 1. The Morgan fingerprint density at radius 3 is 2.73 bits per heavy atom. The summed E-state index contributed by atoms with van der Waals surface area (Å²) in [5.74, 6) is 0. The molecule has 1 unspecified atom stereocenters. The second kappa shape index (κ2) is 10.0. The van der Waals surface area contributed by atoms with E-state index in [0.29, 0.717) is 19.3 Å². The van der Waals surface area contributed by atoms with Gasteiger partial charge in [-0.3, -0.25) is 4.90 Å². The van der Waals surface area contributed by atoms with Crippen molar-refractivity contribution in [2.24, 2.45) is 0 Å². The van der Waals surface area contributed by atoms with E-state index in [1.165, 1.54) is 16.7 Å². The van der Waals surface area contributed by atoms with Crippen LogP contribution in [-0.4, -0.2) is 55.5 Å². The Morgan fingerprint density at radius 2 is 1.92 bits per heavy atom. The topological polar surface area (TPSA) is 44.7 Å². The number of aliphatic hydroxyl groups excluding tert-OH is 1. The molecule has 5 heteroatoms. The molecule has 0 aromatic heterocycles. The first-order valence-electron chi connectivity index (χ1n) is 9.24. The third-order valence-corrected chi connectivity index (χ3v) is 5.00. The molecule has 0 spiro atoms. The van der Waals surface area contributed by atoms with Gasteiger partial charge in [-0.2, -0.15) is 0 Å². The van der Waals surface area contributed by atoms with Gasteiger partial charge in [0.25, 0.3) is 0 Å². The van der Waals surface area contributed by atoms with Crippen molar-refractivity contribution in [3.8, 4) is 11.1 Å². The van der Waals surface area contributed by atoms with Gasteiger partial charge in [-0.1, -0.05) is 48.0 Å². The zero-order chi connectivity index (χ0) is 18.2. The molecule has 0 radical (unpaired) electrons. The Hall–Kier alpha value is -1.43. The van der Waals surface area contributed by atoms with Crippen LogP contribution in [0.15, 0.2) is 48.5 Å². The van der Waals surface area contributed by atoms with Gasteiger partial charge in [-0.05, 0) is 35.2 Å². The molecule has 1 atom stereocenters. The van der Waals surface area contributed by atoms with Crippen LogP contribution in [0.4, 0.5) is 0 Å². The zero-order valence-corrected chi connectivity index (χ0v) is 15.8. The lowest BCUT2D eigenvalue weighted by Gasteiger charge is -2.34. The number of benzene rings is 2. The largest absolute Gasteiger partial charge is 0.394 e. The number of rotatable bonds is 8. The molecule has 2 N–H and O–H groups in total. The summed E-state index contributed by atoms with van der Waals surface area (Å²) in [6, 6.07) is 17.1. The van der Waals surface area contributed by atoms with E-state index in [4.69, 9.17) is 21.4 Å². The summed E-state index contributed by atoms with van der Waals surface area (Å²) in [6.45, 7) is 5.19. The molecule has 0 saturated carbocycles. The summed E-state index contributed by atoms with van der Waals surface area (Å²) in [6.07, 6.45) is 0.968. The lowest BCUT2D eigenvalue weighted by Crippen LogP contribution is -2.50. The van der Waals surface area contributed by atoms with Gasteiger partial charge in [0.2, 0.25) is 0 Å². The Labute approximate surface area is 160 Å². The van der Waals surface area contributed by atoms with Gasteiger partial charge in [0.05, 0.1) is 13.2 Å². The number of halogens is 1. The molecule has 2 aromatic carbocycles. The maximum Gasteiger partial charge on any atom is 0.0697 e. The van der Waals surface area contributed by atoms with E-state index < -0.39 is 0 Å². The van der Waals surface area contributed by atoms with Gasteiger partial charge in [0.15, 0.2) is 0 Å². The Kier molecular flexibility index (Phi) is 7.47. The van der Waals surface area contributed by atoms with E-state index in [1.54, 1.807) is 0 Å². The van der Waals surface area contributed by atoms with Crippen LogP contribution in [0.1, 0.15) is 12.0 Å². The van der Waals surface area contributed by atoms with Gasteiger partial charge >= 0.3 is 0 Å². The molecule has 3 rings (SSSR count). The molecular weight excluding hydrogens is 348 g/mol. The second-order valence-electron chi connectivity index (χ2n) is 6.67. The summed E-state index contributed by atoms with van der Waals surface area (Å²) >= 11 is 6.03. The third kappa shape index (κ3) is 5.53. The van der Waals surface area contributed by atoms with E-state index in [1.807, 2.05) is 12.1 Å².